The molecule has 1 amide bonds. The van der Waals surface area contributed by atoms with Crippen molar-refractivity contribution in [2.45, 2.75) is 38.9 Å². The number of hydrogen-bond donors (Lipinski definition) is 2. The van der Waals surface area contributed by atoms with Gasteiger partial charge in [-0.1, -0.05) is 19.4 Å². The molecule has 0 saturated carbocycles. The van der Waals surface area contributed by atoms with Gasteiger partial charge >= 0.3 is 0 Å². The third kappa shape index (κ3) is 4.61. The molecule has 0 saturated heterocycles. The van der Waals surface area contributed by atoms with Crippen molar-refractivity contribution < 1.29 is 4.79 Å². The van der Waals surface area contributed by atoms with Crippen LogP contribution in [0.25, 0.3) is 0 Å². The molecule has 0 aliphatic rings. The van der Waals surface area contributed by atoms with E-state index in [-0.39, 0.29) is 11.2 Å². The SMILES string of the molecule is CCCCSC(C)C(=O)Nc1cc(N)ccc1C. The van der Waals surface area contributed by atoms with Crippen LogP contribution in [0.15, 0.2) is 18.2 Å². The van der Waals surface area contributed by atoms with Crippen LogP contribution in [0, 0.1) is 6.92 Å². The first-order valence-electron chi connectivity index (χ1n) is 6.33. The summed E-state index contributed by atoms with van der Waals surface area (Å²) in [5, 5.41) is 2.91. The fourth-order valence-electron chi connectivity index (χ4n) is 1.49. The van der Waals surface area contributed by atoms with Gasteiger partial charge in [0.15, 0.2) is 0 Å². The first-order valence-corrected chi connectivity index (χ1v) is 7.38. The minimum Gasteiger partial charge on any atom is -0.399 e. The molecule has 1 aromatic carbocycles. The Kier molecular flexibility index (Phi) is 6.05. The van der Waals surface area contributed by atoms with Crippen LogP contribution in [0.3, 0.4) is 0 Å². The van der Waals surface area contributed by atoms with Crippen molar-refractivity contribution in [1.29, 1.82) is 0 Å². The fourth-order valence-corrected chi connectivity index (χ4v) is 2.51. The molecule has 1 rings (SSSR count). The normalized spacial score (nSPS) is 12.2. The largest absolute Gasteiger partial charge is 0.399 e. The number of carbonyl (C=O) groups excluding carboxylic acids is 1. The Morgan fingerprint density at radius 3 is 2.89 bits per heavy atom. The molecule has 18 heavy (non-hydrogen) atoms. The number of rotatable bonds is 6. The maximum absolute atomic E-state index is 12.0. The lowest BCUT2D eigenvalue weighted by Gasteiger charge is -2.13. The van der Waals surface area contributed by atoms with E-state index in [0.717, 1.165) is 29.8 Å². The summed E-state index contributed by atoms with van der Waals surface area (Å²) in [7, 11) is 0. The summed E-state index contributed by atoms with van der Waals surface area (Å²) in [6.45, 7) is 6.06. The van der Waals surface area contributed by atoms with Crippen molar-refractivity contribution in [2.75, 3.05) is 16.8 Å². The molecule has 4 heteroatoms. The summed E-state index contributed by atoms with van der Waals surface area (Å²) in [6.07, 6.45) is 2.31. The second kappa shape index (κ2) is 7.31. The number of hydrogen-bond acceptors (Lipinski definition) is 3. The predicted octanol–water partition coefficient (Wildman–Crippen LogP) is 3.44. The molecule has 1 unspecified atom stereocenters. The highest BCUT2D eigenvalue weighted by atomic mass is 32.2. The zero-order valence-electron chi connectivity index (χ0n) is 11.3. The second-order valence-electron chi connectivity index (χ2n) is 4.43. The van der Waals surface area contributed by atoms with Gasteiger partial charge in [0.25, 0.3) is 0 Å². The van der Waals surface area contributed by atoms with E-state index in [1.54, 1.807) is 17.8 Å². The average Bonchev–Trinajstić information content (AvgIpc) is 2.34. The monoisotopic (exact) mass is 266 g/mol. The lowest BCUT2D eigenvalue weighted by atomic mass is 10.2. The smallest absolute Gasteiger partial charge is 0.237 e. The van der Waals surface area contributed by atoms with Crippen LogP contribution in [0.5, 0.6) is 0 Å². The van der Waals surface area contributed by atoms with Crippen molar-refractivity contribution in [3.63, 3.8) is 0 Å². The number of unbranched alkanes of at least 4 members (excludes halogenated alkanes) is 1. The van der Waals surface area contributed by atoms with Crippen LogP contribution in [-0.4, -0.2) is 16.9 Å². The van der Waals surface area contributed by atoms with Crippen molar-refractivity contribution in [2.24, 2.45) is 0 Å². The summed E-state index contributed by atoms with van der Waals surface area (Å²) in [5.41, 5.74) is 8.23. The van der Waals surface area contributed by atoms with Gasteiger partial charge in [0.05, 0.1) is 5.25 Å². The number of aryl methyl sites for hydroxylation is 1. The first kappa shape index (κ1) is 14.9. The van der Waals surface area contributed by atoms with Gasteiger partial charge in [-0.25, -0.2) is 0 Å². The molecule has 0 heterocycles. The molecule has 1 aromatic rings. The second-order valence-corrected chi connectivity index (χ2v) is 5.88. The summed E-state index contributed by atoms with van der Waals surface area (Å²) < 4.78 is 0. The molecular formula is C14H22N2OS. The minimum atomic E-state index is -0.0302. The van der Waals surface area contributed by atoms with Crippen LogP contribution < -0.4 is 11.1 Å². The van der Waals surface area contributed by atoms with Crippen molar-refractivity contribution in [3.8, 4) is 0 Å². The Balaban J connectivity index is 2.55. The molecule has 0 radical (unpaired) electrons. The zero-order valence-corrected chi connectivity index (χ0v) is 12.1. The van der Waals surface area contributed by atoms with Crippen molar-refractivity contribution in [1.82, 2.24) is 0 Å². The maximum Gasteiger partial charge on any atom is 0.237 e. The Morgan fingerprint density at radius 2 is 2.22 bits per heavy atom. The standard InChI is InChI=1S/C14H22N2OS/c1-4-5-8-18-11(3)14(17)16-13-9-12(15)7-6-10(13)2/h6-7,9,11H,4-5,8,15H2,1-3H3,(H,16,17). The van der Waals surface area contributed by atoms with Gasteiger partial charge in [-0.05, 0) is 43.7 Å². The van der Waals surface area contributed by atoms with E-state index in [0.29, 0.717) is 5.69 Å². The molecule has 0 aliphatic heterocycles. The Morgan fingerprint density at radius 1 is 1.50 bits per heavy atom. The summed E-state index contributed by atoms with van der Waals surface area (Å²) >= 11 is 1.70. The van der Waals surface area contributed by atoms with E-state index in [9.17, 15) is 4.79 Å². The molecule has 0 bridgehead atoms. The predicted molar refractivity (Wildman–Crippen MR) is 81.0 cm³/mol. The van der Waals surface area contributed by atoms with Crippen LogP contribution in [-0.2, 0) is 4.79 Å². The fraction of sp³-hybridized carbons (Fsp3) is 0.500. The van der Waals surface area contributed by atoms with E-state index in [2.05, 4.69) is 12.2 Å². The molecule has 1 atom stereocenters. The molecule has 0 spiro atoms. The number of nitrogen functional groups attached to an aromatic ring is 1. The molecule has 0 aromatic heterocycles. The van der Waals surface area contributed by atoms with Crippen LogP contribution in [0.1, 0.15) is 32.3 Å². The topological polar surface area (TPSA) is 55.1 Å². The summed E-state index contributed by atoms with van der Waals surface area (Å²) in [5.74, 6) is 1.07. The highest BCUT2D eigenvalue weighted by molar-refractivity contribution is 8.00. The quantitative estimate of drug-likeness (QED) is 0.612. The molecular weight excluding hydrogens is 244 g/mol. The third-order valence-electron chi connectivity index (χ3n) is 2.75. The van der Waals surface area contributed by atoms with Crippen molar-refractivity contribution >= 4 is 29.0 Å². The number of anilines is 2. The van der Waals surface area contributed by atoms with Gasteiger partial charge in [0.2, 0.25) is 5.91 Å². The number of nitrogens with two attached hydrogens (primary N) is 1. The van der Waals surface area contributed by atoms with Crippen LogP contribution in [0.2, 0.25) is 0 Å². The van der Waals surface area contributed by atoms with E-state index < -0.39 is 0 Å². The lowest BCUT2D eigenvalue weighted by molar-refractivity contribution is -0.115. The van der Waals surface area contributed by atoms with Gasteiger partial charge in [-0.15, -0.1) is 11.8 Å². The van der Waals surface area contributed by atoms with E-state index >= 15 is 0 Å². The van der Waals surface area contributed by atoms with Crippen LogP contribution >= 0.6 is 11.8 Å². The molecule has 100 valence electrons. The Hall–Kier alpha value is -1.16. The van der Waals surface area contributed by atoms with Gasteiger partial charge in [-0.3, -0.25) is 4.79 Å². The highest BCUT2D eigenvalue weighted by Crippen LogP contribution is 2.20. The summed E-state index contributed by atoms with van der Waals surface area (Å²) in [6, 6.07) is 5.56. The molecule has 3 N–H and O–H groups in total. The van der Waals surface area contributed by atoms with Gasteiger partial charge in [0, 0.05) is 11.4 Å². The van der Waals surface area contributed by atoms with E-state index in [1.165, 1.54) is 0 Å². The molecule has 0 aliphatic carbocycles. The first-order chi connectivity index (χ1) is 8.54. The zero-order chi connectivity index (χ0) is 13.5. The maximum atomic E-state index is 12.0. The number of thioether (sulfide) groups is 1. The van der Waals surface area contributed by atoms with E-state index in [4.69, 9.17) is 5.73 Å². The highest BCUT2D eigenvalue weighted by Gasteiger charge is 2.14. The number of amides is 1. The van der Waals surface area contributed by atoms with Crippen molar-refractivity contribution in [3.05, 3.63) is 23.8 Å². The number of benzene rings is 1. The van der Waals surface area contributed by atoms with Gasteiger partial charge in [0.1, 0.15) is 0 Å². The third-order valence-corrected chi connectivity index (χ3v) is 3.99. The molecule has 0 fully saturated rings. The minimum absolute atomic E-state index is 0.0302. The lowest BCUT2D eigenvalue weighted by Crippen LogP contribution is -2.23. The number of carbonyl (C=O) groups is 1. The average molecular weight is 266 g/mol. The number of nitrogens with one attached hydrogen (secondary N) is 1. The van der Waals surface area contributed by atoms with Crippen LogP contribution in [0.4, 0.5) is 11.4 Å². The Labute approximate surface area is 114 Å². The van der Waals surface area contributed by atoms with E-state index in [1.807, 2.05) is 26.0 Å². The van der Waals surface area contributed by atoms with Gasteiger partial charge in [-0.2, -0.15) is 0 Å². The summed E-state index contributed by atoms with van der Waals surface area (Å²) in [4.78, 5) is 12.0. The molecule has 3 nitrogen and oxygen atoms in total. The Bertz CT molecular complexity index is 407. The van der Waals surface area contributed by atoms with Gasteiger partial charge < -0.3 is 11.1 Å².